The number of aliphatic hydroxyl groups excluding tert-OH is 2. The van der Waals surface area contributed by atoms with E-state index in [-0.39, 0.29) is 13.2 Å². The van der Waals surface area contributed by atoms with Gasteiger partial charge >= 0.3 is 0 Å². The van der Waals surface area contributed by atoms with Gasteiger partial charge in [0, 0.05) is 0 Å². The van der Waals surface area contributed by atoms with E-state index in [4.69, 9.17) is 0 Å². The minimum absolute atomic E-state index is 0.00689. The van der Waals surface area contributed by atoms with Crippen molar-refractivity contribution in [2.24, 2.45) is 0 Å². The first-order chi connectivity index (χ1) is 8.35. The molecule has 3 rings (SSSR count). The molecule has 2 heteroatoms. The topological polar surface area (TPSA) is 40.5 Å². The molecule has 0 amide bonds. The smallest absolute Gasteiger partial charge is 0.0688 e. The van der Waals surface area contributed by atoms with Crippen LogP contribution in [0.4, 0.5) is 0 Å². The summed E-state index contributed by atoms with van der Waals surface area (Å²) in [4.78, 5) is 0. The Balaban J connectivity index is 2.24. The highest BCUT2D eigenvalue weighted by molar-refractivity contribution is 5.78. The van der Waals surface area contributed by atoms with E-state index < -0.39 is 0 Å². The van der Waals surface area contributed by atoms with Gasteiger partial charge in [-0.1, -0.05) is 36.4 Å². The molecule has 2 nitrogen and oxygen atoms in total. The average Bonchev–Trinajstić information content (AvgIpc) is 2.75. The second-order valence-electron chi connectivity index (χ2n) is 4.38. The summed E-state index contributed by atoms with van der Waals surface area (Å²) in [6.07, 6.45) is 0.856. The lowest BCUT2D eigenvalue weighted by molar-refractivity contribution is 0.259. The quantitative estimate of drug-likeness (QED) is 0.703. The molecule has 1 aliphatic rings. The van der Waals surface area contributed by atoms with E-state index in [2.05, 4.69) is 12.1 Å². The van der Waals surface area contributed by atoms with Gasteiger partial charge in [0.05, 0.1) is 13.2 Å². The lowest BCUT2D eigenvalue weighted by Crippen LogP contribution is -1.99. The van der Waals surface area contributed by atoms with Crippen LogP contribution in [-0.4, -0.2) is 10.2 Å². The van der Waals surface area contributed by atoms with Gasteiger partial charge in [0.2, 0.25) is 0 Å². The maximum absolute atomic E-state index is 9.48. The van der Waals surface area contributed by atoms with Crippen molar-refractivity contribution in [3.63, 3.8) is 0 Å². The van der Waals surface area contributed by atoms with Crippen LogP contribution in [0.1, 0.15) is 22.3 Å². The highest BCUT2D eigenvalue weighted by Gasteiger charge is 2.21. The zero-order valence-electron chi connectivity index (χ0n) is 9.48. The van der Waals surface area contributed by atoms with Crippen LogP contribution in [0.15, 0.2) is 36.4 Å². The molecule has 0 saturated carbocycles. The molecule has 0 aliphatic heterocycles. The number of benzene rings is 2. The van der Waals surface area contributed by atoms with Gasteiger partial charge in [-0.25, -0.2) is 0 Å². The van der Waals surface area contributed by atoms with Crippen molar-refractivity contribution in [1.82, 2.24) is 0 Å². The molecule has 0 atom stereocenters. The van der Waals surface area contributed by atoms with Gasteiger partial charge in [0.15, 0.2) is 0 Å². The van der Waals surface area contributed by atoms with Gasteiger partial charge in [-0.2, -0.15) is 0 Å². The van der Waals surface area contributed by atoms with Crippen LogP contribution < -0.4 is 0 Å². The molecule has 0 bridgehead atoms. The number of fused-ring (bicyclic) bond motifs is 3. The second-order valence-corrected chi connectivity index (χ2v) is 4.38. The Hall–Kier alpha value is -1.64. The second kappa shape index (κ2) is 3.99. The van der Waals surface area contributed by atoms with Crippen LogP contribution >= 0.6 is 0 Å². The van der Waals surface area contributed by atoms with Gasteiger partial charge in [0.25, 0.3) is 0 Å². The Morgan fingerprint density at radius 3 is 2.47 bits per heavy atom. The molecule has 2 N–H and O–H groups in total. The minimum Gasteiger partial charge on any atom is -0.392 e. The third-order valence-electron chi connectivity index (χ3n) is 3.53. The summed E-state index contributed by atoms with van der Waals surface area (Å²) in [6.45, 7) is -0.0213. The molecular formula is C15H14O2. The summed E-state index contributed by atoms with van der Waals surface area (Å²) in [7, 11) is 0. The predicted octanol–water partition coefficient (Wildman–Crippen LogP) is 2.24. The molecule has 0 heterocycles. The third-order valence-corrected chi connectivity index (χ3v) is 3.53. The highest BCUT2D eigenvalue weighted by Crippen LogP contribution is 2.39. The van der Waals surface area contributed by atoms with Crippen molar-refractivity contribution < 1.29 is 10.2 Å². The Kier molecular flexibility index (Phi) is 2.46. The van der Waals surface area contributed by atoms with Crippen LogP contribution in [0, 0.1) is 0 Å². The van der Waals surface area contributed by atoms with E-state index in [0.29, 0.717) is 0 Å². The van der Waals surface area contributed by atoms with Crippen molar-refractivity contribution >= 4 is 0 Å². The van der Waals surface area contributed by atoms with Gasteiger partial charge < -0.3 is 10.2 Å². The first kappa shape index (κ1) is 10.5. The van der Waals surface area contributed by atoms with E-state index >= 15 is 0 Å². The van der Waals surface area contributed by atoms with Gasteiger partial charge in [-0.05, 0) is 39.8 Å². The molecule has 0 spiro atoms. The maximum atomic E-state index is 9.48. The normalized spacial score (nSPS) is 12.4. The zero-order valence-corrected chi connectivity index (χ0v) is 9.48. The van der Waals surface area contributed by atoms with E-state index in [9.17, 15) is 10.2 Å². The molecular weight excluding hydrogens is 212 g/mol. The molecule has 0 aromatic heterocycles. The predicted molar refractivity (Wildman–Crippen MR) is 66.5 cm³/mol. The molecule has 86 valence electrons. The van der Waals surface area contributed by atoms with Crippen molar-refractivity contribution in [3.05, 3.63) is 58.7 Å². The van der Waals surface area contributed by atoms with Crippen LogP contribution in [0.2, 0.25) is 0 Å². The van der Waals surface area contributed by atoms with E-state index in [0.717, 1.165) is 17.5 Å². The first-order valence-electron chi connectivity index (χ1n) is 5.78. The van der Waals surface area contributed by atoms with E-state index in [1.807, 2.05) is 24.3 Å². The highest BCUT2D eigenvalue weighted by atomic mass is 16.3. The minimum atomic E-state index is -0.0144. The molecule has 0 radical (unpaired) electrons. The largest absolute Gasteiger partial charge is 0.392 e. The van der Waals surface area contributed by atoms with Gasteiger partial charge in [-0.15, -0.1) is 0 Å². The summed E-state index contributed by atoms with van der Waals surface area (Å²) in [5.74, 6) is 0. The molecule has 1 aliphatic carbocycles. The Morgan fingerprint density at radius 1 is 0.882 bits per heavy atom. The van der Waals surface area contributed by atoms with Crippen LogP contribution in [0.5, 0.6) is 0 Å². The fourth-order valence-corrected chi connectivity index (χ4v) is 2.67. The van der Waals surface area contributed by atoms with Gasteiger partial charge in [0.1, 0.15) is 0 Å². The monoisotopic (exact) mass is 226 g/mol. The van der Waals surface area contributed by atoms with Crippen molar-refractivity contribution in [2.75, 3.05) is 0 Å². The van der Waals surface area contributed by atoms with Crippen molar-refractivity contribution in [2.45, 2.75) is 19.6 Å². The Bertz CT molecular complexity index is 573. The lowest BCUT2D eigenvalue weighted by Gasteiger charge is -2.10. The number of hydrogen-bond acceptors (Lipinski definition) is 2. The Labute approximate surface area is 100 Å². The third kappa shape index (κ3) is 1.49. The summed E-state index contributed by atoms with van der Waals surface area (Å²) in [5.41, 5.74) is 6.64. The number of aliphatic hydroxyl groups is 2. The van der Waals surface area contributed by atoms with Crippen LogP contribution in [-0.2, 0) is 19.6 Å². The molecule has 2 aromatic carbocycles. The molecule has 0 fully saturated rings. The van der Waals surface area contributed by atoms with Gasteiger partial charge in [-0.3, -0.25) is 0 Å². The van der Waals surface area contributed by atoms with Crippen molar-refractivity contribution in [1.29, 1.82) is 0 Å². The molecule has 2 aromatic rings. The van der Waals surface area contributed by atoms with Crippen LogP contribution in [0.25, 0.3) is 11.1 Å². The Morgan fingerprint density at radius 2 is 1.71 bits per heavy atom. The fourth-order valence-electron chi connectivity index (χ4n) is 2.67. The summed E-state index contributed by atoms with van der Waals surface area (Å²) < 4.78 is 0. The SMILES string of the molecule is OCc1ccc2c(c1CO)Cc1ccccc1-2. The number of rotatable bonds is 2. The summed E-state index contributed by atoms with van der Waals surface area (Å²) in [6, 6.07) is 12.3. The lowest BCUT2D eigenvalue weighted by atomic mass is 9.97. The number of hydrogen-bond donors (Lipinski definition) is 2. The summed E-state index contributed by atoms with van der Waals surface area (Å²) in [5, 5.41) is 18.8. The molecule has 17 heavy (non-hydrogen) atoms. The first-order valence-corrected chi connectivity index (χ1v) is 5.78. The standard InChI is InChI=1S/C15H14O2/c16-8-11-5-6-13-12-4-2-1-3-10(12)7-14(13)15(11)9-17/h1-6,16-17H,7-9H2. The zero-order chi connectivity index (χ0) is 11.8. The summed E-state index contributed by atoms with van der Waals surface area (Å²) >= 11 is 0. The fraction of sp³-hybridized carbons (Fsp3) is 0.200. The van der Waals surface area contributed by atoms with Crippen LogP contribution in [0.3, 0.4) is 0 Å². The average molecular weight is 226 g/mol. The van der Waals surface area contributed by atoms with Crippen molar-refractivity contribution in [3.8, 4) is 11.1 Å². The van der Waals surface area contributed by atoms with E-state index in [1.165, 1.54) is 22.3 Å². The van der Waals surface area contributed by atoms with E-state index in [1.54, 1.807) is 0 Å². The maximum Gasteiger partial charge on any atom is 0.0688 e. The molecule has 0 unspecified atom stereocenters. The molecule has 0 saturated heterocycles.